The highest BCUT2D eigenvalue weighted by atomic mass is 19.1. The summed E-state index contributed by atoms with van der Waals surface area (Å²) in [6.45, 7) is 0. The van der Waals surface area contributed by atoms with E-state index in [0.717, 1.165) is 99.6 Å². The van der Waals surface area contributed by atoms with Crippen molar-refractivity contribution in [3.63, 3.8) is 0 Å². The van der Waals surface area contributed by atoms with Crippen molar-refractivity contribution in [3.05, 3.63) is 266 Å². The number of anilines is 6. The lowest BCUT2D eigenvalue weighted by atomic mass is 9.90. The lowest BCUT2D eigenvalue weighted by molar-refractivity contribution is 0.629. The summed E-state index contributed by atoms with van der Waals surface area (Å²) in [5, 5.41) is 6.09. The van der Waals surface area contributed by atoms with Crippen LogP contribution in [0.3, 0.4) is 0 Å². The summed E-state index contributed by atoms with van der Waals surface area (Å²) in [5.41, 5.74) is 11.0. The Hall–Kier alpha value is -8.80. The number of nitrogens with zero attached hydrogens (tertiary/aromatic N) is 2. The van der Waals surface area contributed by atoms with Gasteiger partial charge in [-0.25, -0.2) is 8.78 Å². The average molecular weight is 890 g/mol. The molecule has 12 rings (SSSR count). The van der Waals surface area contributed by atoms with Crippen LogP contribution in [-0.4, -0.2) is 9.71 Å². The zero-order valence-corrected chi connectivity index (χ0v) is 37.5. The van der Waals surface area contributed by atoms with Gasteiger partial charge in [0.05, 0.1) is 22.7 Å². The molecule has 2 radical (unpaired) electrons. The third-order valence-electron chi connectivity index (χ3n) is 13.1. The molecule has 0 aliphatic rings. The van der Waals surface area contributed by atoms with E-state index in [1.807, 2.05) is 182 Å². The molecule has 12 aromatic rings. The van der Waals surface area contributed by atoms with Crippen molar-refractivity contribution in [2.45, 2.75) is 0 Å². The third-order valence-corrected chi connectivity index (χ3v) is 13.1. The summed E-state index contributed by atoms with van der Waals surface area (Å²) in [6, 6.07) is 84.9. The van der Waals surface area contributed by atoms with Crippen molar-refractivity contribution in [3.8, 4) is 44.5 Å². The fraction of sp³-hybridized carbons (Fsp3) is 0. The molecule has 0 amide bonds. The van der Waals surface area contributed by atoms with Crippen LogP contribution in [0.5, 0.6) is 0 Å². The summed E-state index contributed by atoms with van der Waals surface area (Å²) in [4.78, 5) is 4.15. The molecule has 0 heterocycles. The van der Waals surface area contributed by atoms with Gasteiger partial charge in [-0.05, 0) is 117 Å². The fourth-order valence-electron chi connectivity index (χ4n) is 10.0. The number of hydrogen-bond donors (Lipinski definition) is 0. The van der Waals surface area contributed by atoms with Crippen LogP contribution in [-0.2, 0) is 0 Å². The normalized spacial score (nSPS) is 11.3. The highest BCUT2D eigenvalue weighted by Crippen LogP contribution is 2.51. The van der Waals surface area contributed by atoms with Crippen LogP contribution in [0.1, 0.15) is 0 Å². The van der Waals surface area contributed by atoms with E-state index in [0.29, 0.717) is 11.4 Å². The predicted octanol–water partition coefficient (Wildman–Crippen LogP) is 17.8. The van der Waals surface area contributed by atoms with Crippen molar-refractivity contribution in [2.75, 3.05) is 9.80 Å². The quantitative estimate of drug-likeness (QED) is 0.0997. The first-order valence-electron chi connectivity index (χ1n) is 23.5. The van der Waals surface area contributed by atoms with Gasteiger partial charge in [0.15, 0.2) is 0 Å². The van der Waals surface area contributed by atoms with E-state index in [1.54, 1.807) is 12.1 Å². The molecule has 2 nitrogen and oxygen atoms in total. The van der Waals surface area contributed by atoms with Crippen LogP contribution in [0.2, 0.25) is 0 Å². The van der Waals surface area contributed by atoms with E-state index in [2.05, 4.69) is 78.8 Å². The van der Waals surface area contributed by atoms with Gasteiger partial charge in [0.1, 0.15) is 11.6 Å². The number of hydrogen-bond acceptors (Lipinski definition) is 2. The van der Waals surface area contributed by atoms with Crippen LogP contribution >= 0.6 is 0 Å². The lowest BCUT2D eigenvalue weighted by Crippen LogP contribution is -2.14. The van der Waals surface area contributed by atoms with E-state index < -0.39 is 0 Å². The van der Waals surface area contributed by atoms with E-state index in [9.17, 15) is 0 Å². The molecular weight excluding hydrogens is 846 g/mol. The van der Waals surface area contributed by atoms with Crippen LogP contribution in [0.15, 0.2) is 255 Å². The standard InChI is InChI=1S/C64H42F2N2.BH/c65-57-41-49(43-19-7-1-8-20-43)39-55(45-23-11-3-12-24-45)63(57)67(51-27-15-5-16-28-51)59-37-33-47-32-36-54-60(38-34-48-31-35-53(59)61(47)62(48)54)68(52-29-17-6-18-30-52)64-56(46-25-13-4-14-26-46)40-50(42-58(64)66)44-21-9-2-10-22-44;/h1-42H;1H/i;1D. The molecule has 0 fully saturated rings. The van der Waals surface area contributed by atoms with E-state index in [1.165, 1.54) is 0 Å². The number of rotatable bonds is 10. The first-order chi connectivity index (χ1) is 34.6. The SMILES string of the molecule is Fc1cc(-c2ccccc2)cc(-c2ccccc2)c1N(c1ccccc1)c1ccc2ccc3c(N(c4ccccc4)c4c(F)cc(-c5ccccc5)cc4-c4ccccc4)ccc4ccc1c2c43.[2H][B]. The summed E-state index contributed by atoms with van der Waals surface area (Å²) < 4.78 is 40.4. The smallest absolute Gasteiger partial charge is 0.148 e. The Morgan fingerprint density at radius 3 is 0.957 bits per heavy atom. The van der Waals surface area contributed by atoms with Crippen LogP contribution in [0.4, 0.5) is 42.9 Å². The van der Waals surface area contributed by atoms with Crippen molar-refractivity contribution >= 4 is 74.8 Å². The Labute approximate surface area is 403 Å². The first-order valence-corrected chi connectivity index (χ1v) is 22.9. The van der Waals surface area contributed by atoms with Gasteiger partial charge in [0.25, 0.3) is 0 Å². The zero-order valence-electron chi connectivity index (χ0n) is 38.5. The maximum Gasteiger partial charge on any atom is 0.148 e. The molecule has 0 aliphatic carbocycles. The Bertz CT molecular complexity index is 3500. The second kappa shape index (κ2) is 18.1. The molecule has 0 unspecified atom stereocenters. The topological polar surface area (TPSA) is 6.48 Å². The summed E-state index contributed by atoms with van der Waals surface area (Å²) in [6.07, 6.45) is 0. The molecule has 5 heteroatoms. The van der Waals surface area contributed by atoms with Gasteiger partial charge in [-0.3, -0.25) is 0 Å². The number of benzene rings is 12. The Morgan fingerprint density at radius 2 is 0.609 bits per heavy atom. The van der Waals surface area contributed by atoms with Gasteiger partial charge in [0, 0.05) is 41.7 Å². The van der Waals surface area contributed by atoms with Crippen molar-refractivity contribution in [2.24, 2.45) is 0 Å². The summed E-state index contributed by atoms with van der Waals surface area (Å²) in [7, 11) is 3.75. The number of halogens is 2. The highest BCUT2D eigenvalue weighted by Gasteiger charge is 2.28. The first kappa shape index (κ1) is 41.6. The average Bonchev–Trinajstić information content (AvgIpc) is 3.43. The Kier molecular flexibility index (Phi) is 10.9. The van der Waals surface area contributed by atoms with Crippen LogP contribution < -0.4 is 9.80 Å². The maximum atomic E-state index is 17.6. The molecule has 0 saturated carbocycles. The van der Waals surface area contributed by atoms with Gasteiger partial charge in [0.2, 0.25) is 0 Å². The predicted molar refractivity (Wildman–Crippen MR) is 288 cm³/mol. The van der Waals surface area contributed by atoms with Crippen molar-refractivity contribution in [1.82, 2.24) is 0 Å². The second-order valence-electron chi connectivity index (χ2n) is 17.1. The largest absolute Gasteiger partial charge is 0.307 e. The van der Waals surface area contributed by atoms with E-state index in [-0.39, 0.29) is 11.6 Å². The minimum atomic E-state index is -0.338. The van der Waals surface area contributed by atoms with Gasteiger partial charge in [-0.15, -0.1) is 0 Å². The molecule has 12 aromatic carbocycles. The molecule has 0 spiro atoms. The van der Waals surface area contributed by atoms with Crippen LogP contribution in [0.25, 0.3) is 76.8 Å². The molecule has 0 atom stereocenters. The van der Waals surface area contributed by atoms with Gasteiger partial charge in [-0.1, -0.05) is 194 Å². The monoisotopic (exact) mass is 889 g/mol. The maximum absolute atomic E-state index is 17.6. The summed E-state index contributed by atoms with van der Waals surface area (Å²) in [5.74, 6) is -0.676. The molecule has 0 aromatic heterocycles. The fourth-order valence-corrected chi connectivity index (χ4v) is 10.0. The van der Waals surface area contributed by atoms with Gasteiger partial charge < -0.3 is 9.80 Å². The second-order valence-corrected chi connectivity index (χ2v) is 17.1. The number of para-hydroxylation sites is 2. The summed E-state index contributed by atoms with van der Waals surface area (Å²) >= 11 is 0. The Morgan fingerprint density at radius 1 is 0.304 bits per heavy atom. The molecule has 0 N–H and O–H groups in total. The van der Waals surface area contributed by atoms with Gasteiger partial charge >= 0.3 is 0 Å². The molecule has 0 aliphatic heterocycles. The van der Waals surface area contributed by atoms with E-state index in [4.69, 9.17) is 1.34 Å². The van der Waals surface area contributed by atoms with Crippen molar-refractivity contribution in [1.29, 1.82) is 1.34 Å². The minimum Gasteiger partial charge on any atom is -0.307 e. The molecule has 0 saturated heterocycles. The minimum absolute atomic E-state index is 0.338. The molecular formula is C64H43BF2N2. The zero-order chi connectivity index (χ0) is 47.6. The molecule has 0 bridgehead atoms. The van der Waals surface area contributed by atoms with Crippen molar-refractivity contribution < 1.29 is 8.78 Å². The highest BCUT2D eigenvalue weighted by molar-refractivity contribution is 6.28. The third kappa shape index (κ3) is 7.64. The molecule has 326 valence electrons. The molecule has 69 heavy (non-hydrogen) atoms. The van der Waals surface area contributed by atoms with Crippen LogP contribution in [0, 0.1) is 11.6 Å². The van der Waals surface area contributed by atoms with Gasteiger partial charge in [-0.2, -0.15) is 0 Å². The lowest BCUT2D eigenvalue weighted by Gasteiger charge is -2.31. The van der Waals surface area contributed by atoms with E-state index >= 15 is 8.78 Å². The Balaban J connectivity index is 0.00000263.